The fraction of sp³-hybridized carbons (Fsp3) is 0.700. The molecule has 2 bridgehead atoms. The largest absolute Gasteiger partial charge is 0.481 e. The lowest BCUT2D eigenvalue weighted by molar-refractivity contribution is -0.174. The molecule has 0 aromatic heterocycles. The highest BCUT2D eigenvalue weighted by Gasteiger charge is 2.68. The lowest BCUT2D eigenvalue weighted by Crippen LogP contribution is -2.61. The Morgan fingerprint density at radius 2 is 2.00 bits per heavy atom. The molecule has 4 heteroatoms. The van der Waals surface area contributed by atoms with Crippen LogP contribution in [0.15, 0.2) is 23.8 Å². The van der Waals surface area contributed by atoms with Crippen molar-refractivity contribution < 1.29 is 19.8 Å². The molecule has 0 aromatic carbocycles. The minimum atomic E-state index is -0.940. The molecule has 4 aliphatic carbocycles. The second-order valence-corrected chi connectivity index (χ2v) is 8.93. The van der Waals surface area contributed by atoms with Crippen LogP contribution in [-0.2, 0) is 9.59 Å². The molecule has 0 amide bonds. The Morgan fingerprint density at radius 1 is 1.29 bits per heavy atom. The van der Waals surface area contributed by atoms with Crippen molar-refractivity contribution in [3.8, 4) is 0 Å². The molecule has 4 nitrogen and oxygen atoms in total. The van der Waals surface area contributed by atoms with Gasteiger partial charge in [0.05, 0.1) is 16.9 Å². The number of carboxylic acid groups (broad SMARTS) is 1. The third kappa shape index (κ3) is 1.63. The molecule has 0 radical (unpaired) electrons. The number of aliphatic hydroxyl groups excluding tert-OH is 1. The van der Waals surface area contributed by atoms with Crippen molar-refractivity contribution >= 4 is 11.8 Å². The van der Waals surface area contributed by atoms with Gasteiger partial charge in [0, 0.05) is 5.92 Å². The topological polar surface area (TPSA) is 74.6 Å². The molecule has 24 heavy (non-hydrogen) atoms. The van der Waals surface area contributed by atoms with E-state index in [1.165, 1.54) is 0 Å². The monoisotopic (exact) mass is 330 g/mol. The number of carboxylic acids is 1. The van der Waals surface area contributed by atoms with Crippen molar-refractivity contribution in [1.29, 1.82) is 0 Å². The normalized spacial score (nSPS) is 50.1. The predicted molar refractivity (Wildman–Crippen MR) is 89.2 cm³/mol. The third-order valence-corrected chi connectivity index (χ3v) is 7.75. The van der Waals surface area contributed by atoms with Gasteiger partial charge in [-0.1, -0.05) is 31.6 Å². The van der Waals surface area contributed by atoms with Crippen LogP contribution in [0.2, 0.25) is 0 Å². The van der Waals surface area contributed by atoms with Crippen LogP contribution in [0.25, 0.3) is 0 Å². The number of aliphatic hydroxyl groups is 1. The van der Waals surface area contributed by atoms with E-state index in [-0.39, 0.29) is 17.6 Å². The maximum atomic E-state index is 13.0. The van der Waals surface area contributed by atoms with Gasteiger partial charge in [0.15, 0.2) is 5.78 Å². The van der Waals surface area contributed by atoms with Crippen molar-refractivity contribution in [3.63, 3.8) is 0 Å². The van der Waals surface area contributed by atoms with Crippen LogP contribution in [0.4, 0.5) is 0 Å². The van der Waals surface area contributed by atoms with E-state index in [1.807, 2.05) is 0 Å². The molecule has 0 heterocycles. The second kappa shape index (κ2) is 4.60. The van der Waals surface area contributed by atoms with E-state index >= 15 is 0 Å². The molecule has 2 unspecified atom stereocenters. The van der Waals surface area contributed by atoms with Gasteiger partial charge in [-0.3, -0.25) is 9.59 Å². The summed E-state index contributed by atoms with van der Waals surface area (Å²) in [5, 5.41) is 20.9. The van der Waals surface area contributed by atoms with Gasteiger partial charge in [-0.2, -0.15) is 0 Å². The van der Waals surface area contributed by atoms with Crippen LogP contribution >= 0.6 is 0 Å². The first-order chi connectivity index (χ1) is 11.2. The number of hydrogen-bond acceptors (Lipinski definition) is 3. The van der Waals surface area contributed by atoms with E-state index in [1.54, 1.807) is 6.92 Å². The minimum Gasteiger partial charge on any atom is -0.481 e. The maximum Gasteiger partial charge on any atom is 0.309 e. The lowest BCUT2D eigenvalue weighted by atomic mass is 9.43. The highest BCUT2D eigenvalue weighted by Crippen LogP contribution is 2.69. The van der Waals surface area contributed by atoms with Gasteiger partial charge in [0.2, 0.25) is 0 Å². The van der Waals surface area contributed by atoms with Crippen molar-refractivity contribution in [1.82, 2.24) is 0 Å². The Bertz CT molecular complexity index is 692. The molecular formula is C20H26O4. The van der Waals surface area contributed by atoms with Crippen molar-refractivity contribution in [3.05, 3.63) is 23.8 Å². The van der Waals surface area contributed by atoms with E-state index in [0.29, 0.717) is 18.4 Å². The summed E-state index contributed by atoms with van der Waals surface area (Å²) in [4.78, 5) is 25.1. The Morgan fingerprint density at radius 3 is 2.67 bits per heavy atom. The highest BCUT2D eigenvalue weighted by molar-refractivity contribution is 6.05. The third-order valence-electron chi connectivity index (χ3n) is 7.75. The minimum absolute atomic E-state index is 0.0950. The lowest BCUT2D eigenvalue weighted by Gasteiger charge is -2.60. The van der Waals surface area contributed by atoms with Crippen LogP contribution in [0, 0.1) is 28.1 Å². The van der Waals surface area contributed by atoms with E-state index in [9.17, 15) is 19.8 Å². The first kappa shape index (κ1) is 16.1. The van der Waals surface area contributed by atoms with Gasteiger partial charge in [-0.25, -0.2) is 0 Å². The quantitative estimate of drug-likeness (QED) is 0.572. The summed E-state index contributed by atoms with van der Waals surface area (Å²) in [6.45, 7) is 7.88. The summed E-state index contributed by atoms with van der Waals surface area (Å²) >= 11 is 0. The number of carbonyl (C=O) groups is 2. The number of rotatable bonds is 1. The average molecular weight is 330 g/mol. The van der Waals surface area contributed by atoms with Crippen LogP contribution in [0.1, 0.15) is 52.4 Å². The second-order valence-electron chi connectivity index (χ2n) is 8.93. The van der Waals surface area contributed by atoms with Crippen LogP contribution in [0.3, 0.4) is 0 Å². The summed E-state index contributed by atoms with van der Waals surface area (Å²) in [5.41, 5.74) is -0.176. The number of fused-ring (bicyclic) bond motifs is 3. The molecule has 4 rings (SSSR count). The fourth-order valence-corrected chi connectivity index (χ4v) is 6.81. The van der Waals surface area contributed by atoms with Gasteiger partial charge >= 0.3 is 5.97 Å². The highest BCUT2D eigenvalue weighted by atomic mass is 16.4. The van der Waals surface area contributed by atoms with Gasteiger partial charge in [0.25, 0.3) is 0 Å². The molecule has 3 saturated carbocycles. The molecule has 0 aromatic rings. The summed E-state index contributed by atoms with van der Waals surface area (Å²) in [6, 6.07) is 0. The molecule has 6 atom stereocenters. The maximum absolute atomic E-state index is 13.0. The van der Waals surface area contributed by atoms with Gasteiger partial charge in [-0.05, 0) is 55.9 Å². The number of carbonyl (C=O) groups excluding carboxylic acids is 1. The van der Waals surface area contributed by atoms with Gasteiger partial charge in [0.1, 0.15) is 0 Å². The molecule has 0 aliphatic heterocycles. The van der Waals surface area contributed by atoms with Crippen molar-refractivity contribution in [2.45, 2.75) is 58.5 Å². The number of allylic oxidation sites excluding steroid dienone is 3. The zero-order chi connectivity index (χ0) is 17.5. The van der Waals surface area contributed by atoms with Gasteiger partial charge in [-0.15, -0.1) is 0 Å². The molecule has 1 spiro atoms. The summed E-state index contributed by atoms with van der Waals surface area (Å²) in [7, 11) is 0. The smallest absolute Gasteiger partial charge is 0.309 e. The number of ketones is 1. The van der Waals surface area contributed by atoms with Crippen LogP contribution < -0.4 is 0 Å². The number of hydrogen-bond donors (Lipinski definition) is 2. The SMILES string of the molecule is C=C1C(=O)[C@]23CC1CC=C2[C@]1(C)CCC[C@@](C)(C(=O)O)[C@H]1C(O)C3. The Hall–Kier alpha value is -1.42. The van der Waals surface area contributed by atoms with E-state index < -0.39 is 28.3 Å². The standard InChI is InChI=1S/C20H26O4/c1-11-12-5-6-14-18(2)7-4-8-19(3,17(23)24)15(18)13(21)10-20(14,9-12)16(11)22/h6,12-13,15,21H,1,4-5,7-10H2,2-3H3,(H,23,24)/t12?,13?,15-,18-,19+,20-/m0/s1. The van der Waals surface area contributed by atoms with Gasteiger partial charge < -0.3 is 10.2 Å². The first-order valence-corrected chi connectivity index (χ1v) is 9.03. The Labute approximate surface area is 142 Å². The molecule has 4 aliphatic rings. The summed E-state index contributed by atoms with van der Waals surface area (Å²) in [6.07, 6.45) is 5.60. The van der Waals surface area contributed by atoms with E-state index in [0.717, 1.165) is 31.3 Å². The molecular weight excluding hydrogens is 304 g/mol. The van der Waals surface area contributed by atoms with E-state index in [4.69, 9.17) is 0 Å². The summed E-state index contributed by atoms with van der Waals surface area (Å²) in [5.74, 6) is -0.878. The van der Waals surface area contributed by atoms with E-state index in [2.05, 4.69) is 19.6 Å². The first-order valence-electron chi connectivity index (χ1n) is 9.03. The molecule has 2 N–H and O–H groups in total. The number of Topliss-reactive ketones (excluding diaryl/α,β-unsaturated/α-hetero) is 1. The molecule has 3 fully saturated rings. The van der Waals surface area contributed by atoms with Crippen LogP contribution in [-0.4, -0.2) is 28.1 Å². The van der Waals surface area contributed by atoms with Crippen LogP contribution in [0.5, 0.6) is 0 Å². The van der Waals surface area contributed by atoms with Crippen molar-refractivity contribution in [2.24, 2.45) is 28.1 Å². The molecule has 130 valence electrons. The summed E-state index contributed by atoms with van der Waals surface area (Å²) < 4.78 is 0. The van der Waals surface area contributed by atoms with Crippen molar-refractivity contribution in [2.75, 3.05) is 0 Å². The predicted octanol–water partition coefficient (Wildman–Crippen LogP) is 3.11. The zero-order valence-corrected chi connectivity index (χ0v) is 14.5. The Kier molecular flexibility index (Phi) is 3.08. The Balaban J connectivity index is 1.89. The molecule has 0 saturated heterocycles. The fourth-order valence-electron chi connectivity index (χ4n) is 6.81. The average Bonchev–Trinajstić information content (AvgIpc) is 2.67. The zero-order valence-electron chi connectivity index (χ0n) is 14.5. The number of aliphatic carboxylic acids is 1.